The number of hydrogen-bond donors (Lipinski definition) is 0. The standard InChI is InChI=1S/C24H18BrNO4/c1-28-22-13-17(10-11-21(22)29-15-16-6-3-2-4-7-16)12-20-24(27)30-23(26-20)18-8-5-9-19(25)14-18/h2-14H,15H2,1H3/b20-12-. The Morgan fingerprint density at radius 3 is 2.60 bits per heavy atom. The highest BCUT2D eigenvalue weighted by Gasteiger charge is 2.24. The van der Waals surface area contributed by atoms with E-state index in [1.807, 2.05) is 66.7 Å². The number of halogens is 1. The number of carbonyl (C=O) groups is 1. The normalized spacial score (nSPS) is 14.4. The number of rotatable bonds is 6. The molecule has 4 rings (SSSR count). The summed E-state index contributed by atoms with van der Waals surface area (Å²) in [6.07, 6.45) is 1.66. The first-order chi connectivity index (χ1) is 14.6. The van der Waals surface area contributed by atoms with Gasteiger partial charge in [-0.1, -0.05) is 58.4 Å². The Kier molecular flexibility index (Phi) is 5.95. The fourth-order valence-corrected chi connectivity index (χ4v) is 3.34. The first kappa shape index (κ1) is 19.9. The Morgan fingerprint density at radius 2 is 1.83 bits per heavy atom. The molecule has 0 bridgehead atoms. The average Bonchev–Trinajstić information content (AvgIpc) is 3.13. The van der Waals surface area contributed by atoms with Crippen molar-refractivity contribution in [1.82, 2.24) is 0 Å². The van der Waals surface area contributed by atoms with Crippen LogP contribution in [0, 0.1) is 0 Å². The highest BCUT2D eigenvalue weighted by molar-refractivity contribution is 9.10. The van der Waals surface area contributed by atoms with Crippen molar-refractivity contribution in [2.45, 2.75) is 6.61 Å². The molecule has 0 amide bonds. The Balaban J connectivity index is 1.55. The number of methoxy groups -OCH3 is 1. The van der Waals surface area contributed by atoms with Gasteiger partial charge in [0.2, 0.25) is 5.90 Å². The molecular formula is C24H18BrNO4. The smallest absolute Gasteiger partial charge is 0.363 e. The Morgan fingerprint density at radius 1 is 1.00 bits per heavy atom. The van der Waals surface area contributed by atoms with Gasteiger partial charge in [0.1, 0.15) is 6.61 Å². The molecule has 0 saturated carbocycles. The van der Waals surface area contributed by atoms with Gasteiger partial charge in [0, 0.05) is 10.0 Å². The molecule has 1 heterocycles. The van der Waals surface area contributed by atoms with Crippen molar-refractivity contribution >= 4 is 33.9 Å². The van der Waals surface area contributed by atoms with Crippen molar-refractivity contribution in [3.63, 3.8) is 0 Å². The van der Waals surface area contributed by atoms with Gasteiger partial charge in [-0.15, -0.1) is 0 Å². The van der Waals surface area contributed by atoms with Gasteiger partial charge in [-0.25, -0.2) is 9.79 Å². The summed E-state index contributed by atoms with van der Waals surface area (Å²) in [7, 11) is 1.58. The molecule has 5 nitrogen and oxygen atoms in total. The molecule has 3 aromatic rings. The molecule has 30 heavy (non-hydrogen) atoms. The van der Waals surface area contributed by atoms with Crippen molar-refractivity contribution in [3.05, 3.63) is 99.7 Å². The molecule has 0 radical (unpaired) electrons. The van der Waals surface area contributed by atoms with Gasteiger partial charge in [0.05, 0.1) is 7.11 Å². The highest BCUT2D eigenvalue weighted by atomic mass is 79.9. The first-order valence-corrected chi connectivity index (χ1v) is 10.0. The lowest BCUT2D eigenvalue weighted by molar-refractivity contribution is -0.129. The van der Waals surface area contributed by atoms with E-state index in [0.717, 1.165) is 21.2 Å². The van der Waals surface area contributed by atoms with Crippen LogP contribution >= 0.6 is 15.9 Å². The zero-order valence-corrected chi connectivity index (χ0v) is 17.8. The van der Waals surface area contributed by atoms with Gasteiger partial charge in [-0.3, -0.25) is 0 Å². The van der Waals surface area contributed by atoms with Crippen LogP contribution in [0.2, 0.25) is 0 Å². The van der Waals surface area contributed by atoms with E-state index < -0.39 is 5.97 Å². The average molecular weight is 464 g/mol. The molecule has 0 spiro atoms. The predicted molar refractivity (Wildman–Crippen MR) is 119 cm³/mol. The van der Waals surface area contributed by atoms with Crippen molar-refractivity contribution in [2.24, 2.45) is 4.99 Å². The molecule has 0 unspecified atom stereocenters. The largest absolute Gasteiger partial charge is 0.493 e. The summed E-state index contributed by atoms with van der Waals surface area (Å²) in [6.45, 7) is 0.435. The molecule has 0 atom stereocenters. The van der Waals surface area contributed by atoms with Crippen LogP contribution in [-0.2, 0) is 16.1 Å². The number of carbonyl (C=O) groups excluding carboxylic acids is 1. The molecule has 0 aromatic heterocycles. The van der Waals surface area contributed by atoms with E-state index in [1.165, 1.54) is 0 Å². The van der Waals surface area contributed by atoms with E-state index in [-0.39, 0.29) is 11.6 Å². The Bertz CT molecular complexity index is 1140. The fraction of sp³-hybridized carbons (Fsp3) is 0.0833. The molecule has 150 valence electrons. The molecule has 6 heteroatoms. The summed E-state index contributed by atoms with van der Waals surface area (Å²) in [4.78, 5) is 16.6. The molecular weight excluding hydrogens is 446 g/mol. The second-order valence-electron chi connectivity index (χ2n) is 6.53. The van der Waals surface area contributed by atoms with Gasteiger partial charge in [-0.2, -0.15) is 0 Å². The van der Waals surface area contributed by atoms with E-state index in [2.05, 4.69) is 20.9 Å². The minimum atomic E-state index is -0.492. The molecule has 0 saturated heterocycles. The summed E-state index contributed by atoms with van der Waals surface area (Å²) >= 11 is 3.41. The van der Waals surface area contributed by atoms with Crippen LogP contribution in [0.1, 0.15) is 16.7 Å². The first-order valence-electron chi connectivity index (χ1n) is 9.25. The van der Waals surface area contributed by atoms with E-state index >= 15 is 0 Å². The number of ether oxygens (including phenoxy) is 3. The lowest BCUT2D eigenvalue weighted by Gasteiger charge is -2.11. The molecule has 0 aliphatic carbocycles. The third kappa shape index (κ3) is 4.60. The van der Waals surface area contributed by atoms with Crippen LogP contribution in [0.25, 0.3) is 6.08 Å². The number of hydrogen-bond acceptors (Lipinski definition) is 5. The van der Waals surface area contributed by atoms with Crippen LogP contribution < -0.4 is 9.47 Å². The highest BCUT2D eigenvalue weighted by Crippen LogP contribution is 2.30. The Labute approximate surface area is 182 Å². The number of nitrogens with zero attached hydrogens (tertiary/aromatic N) is 1. The summed E-state index contributed by atoms with van der Waals surface area (Å²) < 4.78 is 17.5. The van der Waals surface area contributed by atoms with Gasteiger partial charge in [0.15, 0.2) is 17.2 Å². The van der Waals surface area contributed by atoms with E-state index in [9.17, 15) is 4.79 Å². The maximum atomic E-state index is 12.3. The second kappa shape index (κ2) is 8.97. The van der Waals surface area contributed by atoms with Crippen molar-refractivity contribution < 1.29 is 19.0 Å². The molecule has 0 N–H and O–H groups in total. The van der Waals surface area contributed by atoms with Crippen LogP contribution in [0.3, 0.4) is 0 Å². The van der Waals surface area contributed by atoms with Gasteiger partial charge in [-0.05, 0) is 47.5 Å². The number of cyclic esters (lactones) is 1. The quantitative estimate of drug-likeness (QED) is 0.363. The van der Waals surface area contributed by atoms with E-state index in [4.69, 9.17) is 14.2 Å². The summed E-state index contributed by atoms with van der Waals surface area (Å²) in [5.74, 6) is 0.981. The van der Waals surface area contributed by atoms with Crippen molar-refractivity contribution in [2.75, 3.05) is 7.11 Å². The lowest BCUT2D eigenvalue weighted by atomic mass is 10.1. The van der Waals surface area contributed by atoms with Gasteiger partial charge < -0.3 is 14.2 Å². The zero-order valence-electron chi connectivity index (χ0n) is 16.2. The van der Waals surface area contributed by atoms with Gasteiger partial charge in [0.25, 0.3) is 0 Å². The Hall–Kier alpha value is -3.38. The maximum absolute atomic E-state index is 12.3. The van der Waals surface area contributed by atoms with E-state index in [0.29, 0.717) is 18.1 Å². The minimum Gasteiger partial charge on any atom is -0.493 e. The SMILES string of the molecule is COc1cc(/C=C2\N=C(c3cccc(Br)c3)OC2=O)ccc1OCc1ccccc1. The fourth-order valence-electron chi connectivity index (χ4n) is 2.94. The molecule has 0 fully saturated rings. The summed E-state index contributed by atoms with van der Waals surface area (Å²) in [6, 6.07) is 22.8. The number of aliphatic imine (C=N–C) groups is 1. The molecule has 1 aliphatic heterocycles. The molecule has 1 aliphatic rings. The lowest BCUT2D eigenvalue weighted by Crippen LogP contribution is -2.05. The summed E-state index contributed by atoms with van der Waals surface area (Å²) in [5.41, 5.74) is 2.77. The van der Waals surface area contributed by atoms with Crippen LogP contribution in [0.4, 0.5) is 0 Å². The third-order valence-electron chi connectivity index (χ3n) is 4.42. The monoisotopic (exact) mass is 463 g/mol. The van der Waals surface area contributed by atoms with Crippen LogP contribution in [-0.4, -0.2) is 19.0 Å². The number of benzene rings is 3. The maximum Gasteiger partial charge on any atom is 0.363 e. The van der Waals surface area contributed by atoms with E-state index in [1.54, 1.807) is 19.3 Å². The molecule has 3 aromatic carbocycles. The minimum absolute atomic E-state index is 0.227. The summed E-state index contributed by atoms with van der Waals surface area (Å²) in [5, 5.41) is 0. The van der Waals surface area contributed by atoms with Gasteiger partial charge >= 0.3 is 5.97 Å². The number of esters is 1. The third-order valence-corrected chi connectivity index (χ3v) is 4.91. The predicted octanol–water partition coefficient (Wildman–Crippen LogP) is 5.38. The van der Waals surface area contributed by atoms with Crippen LogP contribution in [0.5, 0.6) is 11.5 Å². The van der Waals surface area contributed by atoms with Crippen molar-refractivity contribution in [1.29, 1.82) is 0 Å². The van der Waals surface area contributed by atoms with Crippen molar-refractivity contribution in [3.8, 4) is 11.5 Å². The van der Waals surface area contributed by atoms with Crippen LogP contribution in [0.15, 0.2) is 88.0 Å². The topological polar surface area (TPSA) is 57.1 Å². The second-order valence-corrected chi connectivity index (χ2v) is 7.45. The zero-order chi connectivity index (χ0) is 20.9.